The Labute approximate surface area is 129 Å². The fourth-order valence-corrected chi connectivity index (χ4v) is 2.10. The Morgan fingerprint density at radius 2 is 1.77 bits per heavy atom. The van der Waals surface area contributed by atoms with Crippen molar-refractivity contribution in [2.24, 2.45) is 0 Å². The maximum atomic E-state index is 12.2. The summed E-state index contributed by atoms with van der Waals surface area (Å²) in [5.74, 6) is -0.408. The zero-order valence-electron chi connectivity index (χ0n) is 13.1. The summed E-state index contributed by atoms with van der Waals surface area (Å²) in [6, 6.07) is 9.56. The van der Waals surface area contributed by atoms with Gasteiger partial charge in [0.05, 0.1) is 13.0 Å². The topological polar surface area (TPSA) is 29.5 Å². The van der Waals surface area contributed by atoms with Gasteiger partial charge in [-0.05, 0) is 12.6 Å². The van der Waals surface area contributed by atoms with Crippen LogP contribution in [0.3, 0.4) is 0 Å². The summed E-state index contributed by atoms with van der Waals surface area (Å²) in [4.78, 5) is 12.9. The number of halogens is 3. The lowest BCUT2D eigenvalue weighted by Crippen LogP contribution is -2.34. The Balaban J connectivity index is 2.37. The molecule has 1 rings (SSSR count). The van der Waals surface area contributed by atoms with Gasteiger partial charge in [0, 0.05) is 12.0 Å². The lowest BCUT2D eigenvalue weighted by atomic mass is 9.82. The number of carbonyl (C=O) groups excluding carboxylic acids is 1. The van der Waals surface area contributed by atoms with E-state index in [4.69, 9.17) is 4.74 Å². The van der Waals surface area contributed by atoms with Crippen molar-refractivity contribution in [1.82, 2.24) is 4.90 Å². The molecule has 0 unspecified atom stereocenters. The van der Waals surface area contributed by atoms with Crippen molar-refractivity contribution in [3.8, 4) is 0 Å². The molecule has 0 saturated heterocycles. The van der Waals surface area contributed by atoms with Crippen LogP contribution in [0.1, 0.15) is 25.8 Å². The summed E-state index contributed by atoms with van der Waals surface area (Å²) < 4.78 is 41.5. The minimum Gasteiger partial charge on any atom is -0.464 e. The van der Waals surface area contributed by atoms with Crippen LogP contribution in [0, 0.1) is 0 Å². The molecule has 0 aliphatic heterocycles. The van der Waals surface area contributed by atoms with Crippen LogP contribution in [-0.4, -0.2) is 43.8 Å². The van der Waals surface area contributed by atoms with E-state index in [1.807, 2.05) is 44.2 Å². The molecule has 22 heavy (non-hydrogen) atoms. The van der Waals surface area contributed by atoms with Gasteiger partial charge in [0.2, 0.25) is 0 Å². The summed E-state index contributed by atoms with van der Waals surface area (Å²) in [5, 5.41) is 0. The minimum absolute atomic E-state index is 0.0454. The van der Waals surface area contributed by atoms with Gasteiger partial charge in [-0.1, -0.05) is 44.2 Å². The van der Waals surface area contributed by atoms with Gasteiger partial charge in [-0.15, -0.1) is 0 Å². The highest BCUT2D eigenvalue weighted by molar-refractivity contribution is 5.71. The molecule has 0 aliphatic carbocycles. The average molecular weight is 317 g/mol. The molecule has 0 heterocycles. The second kappa shape index (κ2) is 7.63. The molecule has 0 amide bonds. The second-order valence-corrected chi connectivity index (χ2v) is 6.00. The Morgan fingerprint density at radius 3 is 2.32 bits per heavy atom. The third kappa shape index (κ3) is 6.93. The quantitative estimate of drug-likeness (QED) is 0.722. The molecule has 0 saturated carbocycles. The average Bonchev–Trinajstić information content (AvgIpc) is 2.37. The SMILES string of the molecule is CN(CCOC(=O)CC(C)(C)c1ccccc1)CC(F)(F)F. The van der Waals surface area contributed by atoms with Crippen LogP contribution in [0.15, 0.2) is 30.3 Å². The third-order valence-corrected chi connectivity index (χ3v) is 3.33. The van der Waals surface area contributed by atoms with Crippen molar-refractivity contribution in [2.45, 2.75) is 31.9 Å². The largest absolute Gasteiger partial charge is 0.464 e. The van der Waals surface area contributed by atoms with E-state index in [1.165, 1.54) is 7.05 Å². The van der Waals surface area contributed by atoms with Gasteiger partial charge in [0.1, 0.15) is 6.61 Å². The van der Waals surface area contributed by atoms with Crippen LogP contribution in [0.2, 0.25) is 0 Å². The summed E-state index contributed by atoms with van der Waals surface area (Å²) in [6.45, 7) is 2.85. The van der Waals surface area contributed by atoms with Crippen molar-refractivity contribution in [2.75, 3.05) is 26.7 Å². The maximum absolute atomic E-state index is 12.2. The van der Waals surface area contributed by atoms with Gasteiger partial charge in [-0.2, -0.15) is 13.2 Å². The standard InChI is InChI=1S/C16H22F3NO2/c1-15(2,13-7-5-4-6-8-13)11-14(21)22-10-9-20(3)12-16(17,18)19/h4-8H,9-12H2,1-3H3. The molecule has 0 aromatic heterocycles. The first kappa shape index (κ1) is 18.5. The maximum Gasteiger partial charge on any atom is 0.401 e. The highest BCUT2D eigenvalue weighted by Gasteiger charge is 2.29. The summed E-state index contributed by atoms with van der Waals surface area (Å²) in [5.41, 5.74) is 0.636. The van der Waals surface area contributed by atoms with Crippen LogP contribution >= 0.6 is 0 Å². The minimum atomic E-state index is -4.24. The van der Waals surface area contributed by atoms with Crippen LogP contribution < -0.4 is 0 Å². The van der Waals surface area contributed by atoms with Crippen molar-refractivity contribution in [3.05, 3.63) is 35.9 Å². The normalized spacial score (nSPS) is 12.5. The predicted molar refractivity (Wildman–Crippen MR) is 78.6 cm³/mol. The van der Waals surface area contributed by atoms with Gasteiger partial charge in [-0.25, -0.2) is 0 Å². The number of hydrogen-bond donors (Lipinski definition) is 0. The number of likely N-dealkylation sites (N-methyl/N-ethyl adjacent to an activating group) is 1. The van der Waals surface area contributed by atoms with E-state index in [9.17, 15) is 18.0 Å². The van der Waals surface area contributed by atoms with Crippen LogP contribution in [0.25, 0.3) is 0 Å². The highest BCUT2D eigenvalue weighted by atomic mass is 19.4. The lowest BCUT2D eigenvalue weighted by molar-refractivity contribution is -0.149. The number of esters is 1. The first-order valence-corrected chi connectivity index (χ1v) is 7.06. The molecule has 6 heteroatoms. The van der Waals surface area contributed by atoms with Crippen LogP contribution in [-0.2, 0) is 14.9 Å². The summed E-state index contributed by atoms with van der Waals surface area (Å²) in [7, 11) is 1.34. The number of alkyl halides is 3. The van der Waals surface area contributed by atoms with Crippen molar-refractivity contribution >= 4 is 5.97 Å². The molecule has 0 atom stereocenters. The van der Waals surface area contributed by atoms with Gasteiger partial charge in [-0.3, -0.25) is 9.69 Å². The Bertz CT molecular complexity index is 472. The van der Waals surface area contributed by atoms with Gasteiger partial charge in [0.15, 0.2) is 0 Å². The third-order valence-electron chi connectivity index (χ3n) is 3.33. The number of nitrogens with zero attached hydrogens (tertiary/aromatic N) is 1. The summed E-state index contributed by atoms with van der Waals surface area (Å²) >= 11 is 0. The molecule has 1 aromatic rings. The highest BCUT2D eigenvalue weighted by Crippen LogP contribution is 2.27. The number of ether oxygens (including phenoxy) is 1. The van der Waals surface area contributed by atoms with E-state index in [0.29, 0.717) is 0 Å². The first-order valence-electron chi connectivity index (χ1n) is 7.06. The first-order chi connectivity index (χ1) is 10.1. The van der Waals surface area contributed by atoms with Crippen LogP contribution in [0.4, 0.5) is 13.2 Å². The molecule has 0 radical (unpaired) electrons. The van der Waals surface area contributed by atoms with E-state index in [1.54, 1.807) is 0 Å². The molecule has 0 fully saturated rings. The molecule has 0 N–H and O–H groups in total. The van der Waals surface area contributed by atoms with Crippen molar-refractivity contribution in [3.63, 3.8) is 0 Å². The number of hydrogen-bond acceptors (Lipinski definition) is 3. The van der Waals surface area contributed by atoms with E-state index in [2.05, 4.69) is 0 Å². The van der Waals surface area contributed by atoms with Gasteiger partial charge < -0.3 is 4.74 Å². The monoisotopic (exact) mass is 317 g/mol. The van der Waals surface area contributed by atoms with Gasteiger partial charge in [0.25, 0.3) is 0 Å². The van der Waals surface area contributed by atoms with E-state index < -0.39 is 18.7 Å². The fourth-order valence-electron chi connectivity index (χ4n) is 2.10. The van der Waals surface area contributed by atoms with Crippen molar-refractivity contribution in [1.29, 1.82) is 0 Å². The molecular formula is C16H22F3NO2. The Morgan fingerprint density at radius 1 is 1.18 bits per heavy atom. The van der Waals surface area contributed by atoms with Crippen molar-refractivity contribution < 1.29 is 22.7 Å². The fraction of sp³-hybridized carbons (Fsp3) is 0.562. The van der Waals surface area contributed by atoms with Gasteiger partial charge >= 0.3 is 12.1 Å². The van der Waals surface area contributed by atoms with Crippen LogP contribution in [0.5, 0.6) is 0 Å². The molecule has 3 nitrogen and oxygen atoms in total. The van der Waals surface area contributed by atoms with E-state index in [-0.39, 0.29) is 25.0 Å². The molecule has 0 bridgehead atoms. The number of carbonyl (C=O) groups is 1. The van der Waals surface area contributed by atoms with E-state index >= 15 is 0 Å². The lowest BCUT2D eigenvalue weighted by Gasteiger charge is -2.24. The number of benzene rings is 1. The molecule has 124 valence electrons. The second-order valence-electron chi connectivity index (χ2n) is 6.00. The summed E-state index contributed by atoms with van der Waals surface area (Å²) in [6.07, 6.45) is -4.06. The predicted octanol–water partition coefficient (Wildman–Crippen LogP) is 3.39. The zero-order chi connectivity index (χ0) is 16.8. The number of rotatable bonds is 7. The smallest absolute Gasteiger partial charge is 0.401 e. The zero-order valence-corrected chi connectivity index (χ0v) is 13.1. The molecule has 1 aromatic carbocycles. The van der Waals surface area contributed by atoms with E-state index in [0.717, 1.165) is 10.5 Å². The Hall–Kier alpha value is -1.56. The molecular weight excluding hydrogens is 295 g/mol. The Kier molecular flexibility index (Phi) is 6.41. The molecule has 0 spiro atoms. The molecule has 0 aliphatic rings.